The molecule has 0 amide bonds. The maximum absolute atomic E-state index is 10.7. The van der Waals surface area contributed by atoms with E-state index in [4.69, 9.17) is 26.2 Å². The molecule has 1 saturated carbocycles. The van der Waals surface area contributed by atoms with Gasteiger partial charge < -0.3 is 14.6 Å². The van der Waals surface area contributed by atoms with Crippen molar-refractivity contribution >= 4 is 17.6 Å². The summed E-state index contributed by atoms with van der Waals surface area (Å²) >= 11 is 6.14. The SMILES string of the molecule is COc1ccc(Cl)c(CCC(=O)O)c1OCC1CC1. The number of rotatable bonds is 7. The van der Waals surface area contributed by atoms with Crippen LogP contribution in [0.5, 0.6) is 11.5 Å². The zero-order valence-corrected chi connectivity index (χ0v) is 11.6. The summed E-state index contributed by atoms with van der Waals surface area (Å²) in [7, 11) is 1.56. The van der Waals surface area contributed by atoms with Crippen molar-refractivity contribution in [1.29, 1.82) is 0 Å². The lowest BCUT2D eigenvalue weighted by atomic mass is 10.1. The molecule has 1 aliphatic rings. The summed E-state index contributed by atoms with van der Waals surface area (Å²) in [4.78, 5) is 10.7. The van der Waals surface area contributed by atoms with Gasteiger partial charge >= 0.3 is 5.97 Å². The van der Waals surface area contributed by atoms with Gasteiger partial charge in [-0.05, 0) is 37.3 Å². The van der Waals surface area contributed by atoms with Gasteiger partial charge in [0.2, 0.25) is 0 Å². The van der Waals surface area contributed by atoms with E-state index in [0.29, 0.717) is 41.0 Å². The number of hydrogen-bond donors (Lipinski definition) is 1. The van der Waals surface area contributed by atoms with Gasteiger partial charge in [0, 0.05) is 17.0 Å². The third-order valence-electron chi connectivity index (χ3n) is 3.14. The Balaban J connectivity index is 2.21. The Labute approximate surface area is 117 Å². The molecule has 0 radical (unpaired) electrons. The van der Waals surface area contributed by atoms with E-state index in [2.05, 4.69) is 0 Å². The minimum Gasteiger partial charge on any atom is -0.493 e. The number of ether oxygens (including phenoxy) is 2. The second-order valence-corrected chi connectivity index (χ2v) is 5.11. The van der Waals surface area contributed by atoms with E-state index in [9.17, 15) is 4.79 Å². The first kappa shape index (κ1) is 14.0. The predicted octanol–water partition coefficient (Wildman–Crippen LogP) is 3.15. The summed E-state index contributed by atoms with van der Waals surface area (Å²) in [5.74, 6) is 0.941. The molecular formula is C14H17ClO4. The van der Waals surface area contributed by atoms with Gasteiger partial charge in [-0.15, -0.1) is 0 Å². The predicted molar refractivity (Wildman–Crippen MR) is 72.2 cm³/mol. The zero-order chi connectivity index (χ0) is 13.8. The Hall–Kier alpha value is -1.42. The van der Waals surface area contributed by atoms with Gasteiger partial charge in [0.1, 0.15) is 0 Å². The number of methoxy groups -OCH3 is 1. The van der Waals surface area contributed by atoms with Gasteiger partial charge in [-0.25, -0.2) is 0 Å². The third-order valence-corrected chi connectivity index (χ3v) is 3.49. The molecule has 0 spiro atoms. The maximum atomic E-state index is 10.7. The second-order valence-electron chi connectivity index (χ2n) is 4.71. The molecule has 0 atom stereocenters. The van der Waals surface area contributed by atoms with Crippen molar-refractivity contribution in [3.63, 3.8) is 0 Å². The van der Waals surface area contributed by atoms with Crippen LogP contribution in [0.15, 0.2) is 12.1 Å². The van der Waals surface area contributed by atoms with Crippen molar-refractivity contribution in [2.45, 2.75) is 25.7 Å². The average molecular weight is 285 g/mol. The van der Waals surface area contributed by atoms with E-state index < -0.39 is 5.97 Å². The number of halogens is 1. The molecule has 5 heteroatoms. The molecule has 104 valence electrons. The number of carbonyl (C=O) groups is 1. The van der Waals surface area contributed by atoms with Crippen LogP contribution in [0.3, 0.4) is 0 Å². The van der Waals surface area contributed by atoms with Crippen molar-refractivity contribution in [3.05, 3.63) is 22.7 Å². The molecule has 0 aromatic heterocycles. The fraction of sp³-hybridized carbons (Fsp3) is 0.500. The van der Waals surface area contributed by atoms with Crippen LogP contribution in [0.25, 0.3) is 0 Å². The first-order valence-corrected chi connectivity index (χ1v) is 6.69. The van der Waals surface area contributed by atoms with Gasteiger partial charge in [0.05, 0.1) is 13.7 Å². The average Bonchev–Trinajstić information content (AvgIpc) is 3.19. The number of hydrogen-bond acceptors (Lipinski definition) is 3. The van der Waals surface area contributed by atoms with Crippen molar-refractivity contribution in [2.24, 2.45) is 5.92 Å². The molecule has 1 fully saturated rings. The molecule has 1 aromatic carbocycles. The third kappa shape index (κ3) is 3.77. The highest BCUT2D eigenvalue weighted by Gasteiger charge is 2.24. The van der Waals surface area contributed by atoms with Gasteiger partial charge in [-0.2, -0.15) is 0 Å². The Morgan fingerprint density at radius 3 is 2.79 bits per heavy atom. The number of carboxylic acids is 1. The molecule has 0 heterocycles. The topological polar surface area (TPSA) is 55.8 Å². The van der Waals surface area contributed by atoms with E-state index in [1.165, 1.54) is 12.8 Å². The molecule has 0 saturated heterocycles. The normalized spacial score (nSPS) is 14.2. The van der Waals surface area contributed by atoms with E-state index in [1.807, 2.05) is 0 Å². The van der Waals surface area contributed by atoms with Gasteiger partial charge in [0.25, 0.3) is 0 Å². The second kappa shape index (κ2) is 6.15. The maximum Gasteiger partial charge on any atom is 0.303 e. The summed E-state index contributed by atoms with van der Waals surface area (Å²) in [5, 5.41) is 9.32. The van der Waals surface area contributed by atoms with E-state index in [-0.39, 0.29) is 6.42 Å². The van der Waals surface area contributed by atoms with Crippen LogP contribution in [-0.2, 0) is 11.2 Å². The van der Waals surface area contributed by atoms with Gasteiger partial charge in [0.15, 0.2) is 11.5 Å². The van der Waals surface area contributed by atoms with E-state index in [0.717, 1.165) is 0 Å². The largest absolute Gasteiger partial charge is 0.493 e. The lowest BCUT2D eigenvalue weighted by Crippen LogP contribution is -2.06. The van der Waals surface area contributed by atoms with Crippen molar-refractivity contribution < 1.29 is 19.4 Å². The van der Waals surface area contributed by atoms with Crippen LogP contribution in [0.1, 0.15) is 24.8 Å². The lowest BCUT2D eigenvalue weighted by Gasteiger charge is -2.16. The molecule has 2 rings (SSSR count). The summed E-state index contributed by atoms with van der Waals surface area (Å²) in [6, 6.07) is 3.45. The highest BCUT2D eigenvalue weighted by atomic mass is 35.5. The quantitative estimate of drug-likeness (QED) is 0.836. The number of aliphatic carboxylic acids is 1. The molecule has 4 nitrogen and oxygen atoms in total. The minimum atomic E-state index is -0.855. The Morgan fingerprint density at radius 2 is 2.21 bits per heavy atom. The molecule has 0 aliphatic heterocycles. The Morgan fingerprint density at radius 1 is 1.47 bits per heavy atom. The molecule has 19 heavy (non-hydrogen) atoms. The molecule has 1 aliphatic carbocycles. The minimum absolute atomic E-state index is 0.0205. The number of benzene rings is 1. The fourth-order valence-corrected chi connectivity index (χ4v) is 2.10. The highest BCUT2D eigenvalue weighted by Crippen LogP contribution is 2.38. The van der Waals surface area contributed by atoms with Crippen LogP contribution < -0.4 is 9.47 Å². The fourth-order valence-electron chi connectivity index (χ4n) is 1.85. The molecule has 0 unspecified atom stereocenters. The Bertz CT molecular complexity index is 469. The highest BCUT2D eigenvalue weighted by molar-refractivity contribution is 6.31. The first-order chi connectivity index (χ1) is 9.11. The van der Waals surface area contributed by atoms with Crippen LogP contribution in [0.2, 0.25) is 5.02 Å². The van der Waals surface area contributed by atoms with Crippen LogP contribution >= 0.6 is 11.6 Å². The van der Waals surface area contributed by atoms with Gasteiger partial charge in [-0.3, -0.25) is 4.79 Å². The summed E-state index contributed by atoms with van der Waals surface area (Å²) in [6.07, 6.45) is 2.73. The van der Waals surface area contributed by atoms with Crippen LogP contribution in [0, 0.1) is 5.92 Å². The van der Waals surface area contributed by atoms with Crippen LogP contribution in [0.4, 0.5) is 0 Å². The number of carboxylic acid groups (broad SMARTS) is 1. The first-order valence-electron chi connectivity index (χ1n) is 6.31. The van der Waals surface area contributed by atoms with Crippen molar-refractivity contribution in [3.8, 4) is 11.5 Å². The van der Waals surface area contributed by atoms with Gasteiger partial charge in [-0.1, -0.05) is 11.6 Å². The van der Waals surface area contributed by atoms with E-state index in [1.54, 1.807) is 19.2 Å². The molecule has 0 bridgehead atoms. The summed E-state index contributed by atoms with van der Waals surface area (Å²) < 4.78 is 11.1. The molecular weight excluding hydrogens is 268 g/mol. The molecule has 1 N–H and O–H groups in total. The lowest BCUT2D eigenvalue weighted by molar-refractivity contribution is -0.136. The van der Waals surface area contributed by atoms with Crippen LogP contribution in [-0.4, -0.2) is 24.8 Å². The molecule has 1 aromatic rings. The van der Waals surface area contributed by atoms with E-state index >= 15 is 0 Å². The van der Waals surface area contributed by atoms with Crippen molar-refractivity contribution in [1.82, 2.24) is 0 Å². The standard InChI is InChI=1S/C14H17ClO4/c1-18-12-6-5-11(15)10(4-7-13(16)17)14(12)19-8-9-2-3-9/h5-6,9H,2-4,7-8H2,1H3,(H,16,17). The smallest absolute Gasteiger partial charge is 0.303 e. The zero-order valence-electron chi connectivity index (χ0n) is 10.8. The monoisotopic (exact) mass is 284 g/mol. The Kier molecular flexibility index (Phi) is 4.53. The van der Waals surface area contributed by atoms with Crippen molar-refractivity contribution in [2.75, 3.05) is 13.7 Å². The summed E-state index contributed by atoms with van der Waals surface area (Å²) in [6.45, 7) is 0.636. The summed E-state index contributed by atoms with van der Waals surface area (Å²) in [5.41, 5.74) is 0.712.